The zero-order valence-electron chi connectivity index (χ0n) is 8.46. The van der Waals surface area contributed by atoms with Crippen LogP contribution in [0.25, 0.3) is 0 Å². The lowest BCUT2D eigenvalue weighted by Gasteiger charge is -2.15. The van der Waals surface area contributed by atoms with Gasteiger partial charge in [0.05, 0.1) is 0 Å². The highest BCUT2D eigenvalue weighted by atomic mass is 16.2. The van der Waals surface area contributed by atoms with Crippen molar-refractivity contribution >= 4 is 5.91 Å². The van der Waals surface area contributed by atoms with E-state index in [-0.39, 0.29) is 0 Å². The lowest BCUT2D eigenvalue weighted by atomic mass is 10.0. The Morgan fingerprint density at radius 3 is 2.77 bits per heavy atom. The van der Waals surface area contributed by atoms with Crippen LogP contribution < -0.4 is 0 Å². The van der Waals surface area contributed by atoms with E-state index < -0.39 is 0 Å². The second-order valence-corrected chi connectivity index (χ2v) is 4.50. The minimum Gasteiger partial charge on any atom is -0.342 e. The van der Waals surface area contributed by atoms with Crippen LogP contribution in [0.4, 0.5) is 0 Å². The molecule has 0 radical (unpaired) electrons. The van der Waals surface area contributed by atoms with Gasteiger partial charge in [-0.15, -0.1) is 0 Å². The van der Waals surface area contributed by atoms with Gasteiger partial charge < -0.3 is 4.90 Å². The molecule has 0 N–H and O–H groups in total. The number of hydrogen-bond donors (Lipinski definition) is 0. The highest BCUT2D eigenvalue weighted by molar-refractivity contribution is 5.81. The molecular weight excluding hydrogens is 162 g/mol. The molecule has 13 heavy (non-hydrogen) atoms. The van der Waals surface area contributed by atoms with E-state index in [1.807, 2.05) is 0 Å². The van der Waals surface area contributed by atoms with Crippen molar-refractivity contribution in [2.75, 3.05) is 13.1 Å². The van der Waals surface area contributed by atoms with Crippen LogP contribution in [-0.2, 0) is 4.79 Å². The van der Waals surface area contributed by atoms with Crippen LogP contribution in [0.15, 0.2) is 0 Å². The predicted molar refractivity (Wildman–Crippen MR) is 52.3 cm³/mol. The Balaban J connectivity index is 1.79. The molecule has 0 aromatic rings. The fourth-order valence-electron chi connectivity index (χ4n) is 2.27. The number of likely N-dealkylation sites (tertiary alicyclic amines) is 1. The summed E-state index contributed by atoms with van der Waals surface area (Å²) in [4.78, 5) is 13.8. The summed E-state index contributed by atoms with van der Waals surface area (Å²) in [7, 11) is 0. The number of carbonyl (C=O) groups is 1. The maximum atomic E-state index is 11.7. The van der Waals surface area contributed by atoms with E-state index in [9.17, 15) is 4.79 Å². The molecule has 1 heterocycles. The molecule has 1 atom stereocenters. The summed E-state index contributed by atoms with van der Waals surface area (Å²) in [6.07, 6.45) is 6.10. The third kappa shape index (κ3) is 2.04. The molecule has 2 fully saturated rings. The van der Waals surface area contributed by atoms with E-state index in [2.05, 4.69) is 11.8 Å². The first-order valence-corrected chi connectivity index (χ1v) is 5.60. The molecule has 2 rings (SSSR count). The third-order valence-electron chi connectivity index (χ3n) is 3.22. The van der Waals surface area contributed by atoms with Gasteiger partial charge in [0, 0.05) is 19.0 Å². The monoisotopic (exact) mass is 181 g/mol. The van der Waals surface area contributed by atoms with E-state index in [1.54, 1.807) is 0 Å². The minimum absolute atomic E-state index is 0.417. The quantitative estimate of drug-likeness (QED) is 0.652. The Kier molecular flexibility index (Phi) is 2.56. The molecule has 1 unspecified atom stereocenters. The Bertz CT molecular complexity index is 198. The highest BCUT2D eigenvalue weighted by Crippen LogP contribution is 2.33. The third-order valence-corrected chi connectivity index (χ3v) is 3.22. The summed E-state index contributed by atoms with van der Waals surface area (Å²) in [6, 6.07) is 0. The highest BCUT2D eigenvalue weighted by Gasteiger charge is 2.36. The van der Waals surface area contributed by atoms with Crippen molar-refractivity contribution in [3.8, 4) is 0 Å². The van der Waals surface area contributed by atoms with Crippen molar-refractivity contribution in [1.29, 1.82) is 0 Å². The molecule has 0 aromatic carbocycles. The summed E-state index contributed by atoms with van der Waals surface area (Å²) < 4.78 is 0. The Hall–Kier alpha value is -0.530. The zero-order chi connectivity index (χ0) is 9.26. The summed E-state index contributed by atoms with van der Waals surface area (Å²) in [5.74, 6) is 1.66. The van der Waals surface area contributed by atoms with Gasteiger partial charge in [-0.05, 0) is 31.6 Å². The second kappa shape index (κ2) is 3.69. The van der Waals surface area contributed by atoms with Crippen LogP contribution in [0.5, 0.6) is 0 Å². The van der Waals surface area contributed by atoms with Gasteiger partial charge in [-0.1, -0.05) is 13.3 Å². The molecule has 2 aliphatic rings. The summed E-state index contributed by atoms with van der Waals surface area (Å²) in [5, 5.41) is 0. The summed E-state index contributed by atoms with van der Waals surface area (Å²) >= 11 is 0. The van der Waals surface area contributed by atoms with Crippen LogP contribution in [0.2, 0.25) is 0 Å². The predicted octanol–water partition coefficient (Wildman–Crippen LogP) is 2.04. The largest absolute Gasteiger partial charge is 0.342 e. The van der Waals surface area contributed by atoms with Gasteiger partial charge in [0.15, 0.2) is 0 Å². The van der Waals surface area contributed by atoms with Crippen LogP contribution in [0.3, 0.4) is 0 Å². The zero-order valence-corrected chi connectivity index (χ0v) is 8.46. The average molecular weight is 181 g/mol. The molecule has 74 valence electrons. The topological polar surface area (TPSA) is 20.3 Å². The number of carbonyl (C=O) groups excluding carboxylic acids is 1. The molecular formula is C11H19NO. The Labute approximate surface area is 80.3 Å². The van der Waals surface area contributed by atoms with E-state index in [4.69, 9.17) is 0 Å². The maximum absolute atomic E-state index is 11.7. The van der Waals surface area contributed by atoms with Crippen LogP contribution in [-0.4, -0.2) is 23.9 Å². The smallest absolute Gasteiger partial charge is 0.225 e. The first-order valence-electron chi connectivity index (χ1n) is 5.60. The Morgan fingerprint density at radius 1 is 1.38 bits per heavy atom. The lowest BCUT2D eigenvalue weighted by molar-refractivity contribution is -0.131. The van der Waals surface area contributed by atoms with Crippen molar-refractivity contribution < 1.29 is 4.79 Å². The molecule has 0 aromatic heterocycles. The molecule has 1 aliphatic carbocycles. The SMILES string of the molecule is CCCC1CCN(C(=O)C2CC2)C1. The maximum Gasteiger partial charge on any atom is 0.225 e. The van der Waals surface area contributed by atoms with Gasteiger partial charge in [-0.2, -0.15) is 0 Å². The summed E-state index contributed by atoms with van der Waals surface area (Å²) in [5.41, 5.74) is 0. The molecule has 1 saturated heterocycles. The number of amides is 1. The van der Waals surface area contributed by atoms with Crippen LogP contribution in [0.1, 0.15) is 39.0 Å². The van der Waals surface area contributed by atoms with Gasteiger partial charge in [-0.3, -0.25) is 4.79 Å². The average Bonchev–Trinajstić information content (AvgIpc) is 2.87. The molecule has 1 aliphatic heterocycles. The van der Waals surface area contributed by atoms with E-state index in [1.165, 1.54) is 19.3 Å². The molecule has 2 nitrogen and oxygen atoms in total. The van der Waals surface area contributed by atoms with Crippen LogP contribution >= 0.6 is 0 Å². The lowest BCUT2D eigenvalue weighted by Crippen LogP contribution is -2.29. The van der Waals surface area contributed by atoms with Crippen molar-refractivity contribution in [3.05, 3.63) is 0 Å². The van der Waals surface area contributed by atoms with Crippen molar-refractivity contribution in [2.24, 2.45) is 11.8 Å². The molecule has 2 heteroatoms. The van der Waals surface area contributed by atoms with E-state index >= 15 is 0 Å². The number of nitrogens with zero attached hydrogens (tertiary/aromatic N) is 1. The minimum atomic E-state index is 0.417. The standard InChI is InChI=1S/C11H19NO/c1-2-3-9-6-7-12(8-9)11(13)10-4-5-10/h9-10H,2-8H2,1H3. The summed E-state index contributed by atoms with van der Waals surface area (Å²) in [6.45, 7) is 4.30. The van der Waals surface area contributed by atoms with Gasteiger partial charge in [0.25, 0.3) is 0 Å². The number of hydrogen-bond acceptors (Lipinski definition) is 1. The van der Waals surface area contributed by atoms with Crippen molar-refractivity contribution in [2.45, 2.75) is 39.0 Å². The van der Waals surface area contributed by atoms with Crippen LogP contribution in [0, 0.1) is 11.8 Å². The fraction of sp³-hybridized carbons (Fsp3) is 0.909. The van der Waals surface area contributed by atoms with Gasteiger partial charge in [-0.25, -0.2) is 0 Å². The first kappa shape index (κ1) is 9.04. The second-order valence-electron chi connectivity index (χ2n) is 4.50. The van der Waals surface area contributed by atoms with Gasteiger partial charge in [0.1, 0.15) is 0 Å². The van der Waals surface area contributed by atoms with Crippen molar-refractivity contribution in [1.82, 2.24) is 4.90 Å². The van der Waals surface area contributed by atoms with Crippen molar-refractivity contribution in [3.63, 3.8) is 0 Å². The normalized spacial score (nSPS) is 28.1. The molecule has 1 amide bonds. The number of rotatable bonds is 3. The first-order chi connectivity index (χ1) is 6.31. The molecule has 1 saturated carbocycles. The fourth-order valence-corrected chi connectivity index (χ4v) is 2.27. The van der Waals surface area contributed by atoms with E-state index in [0.717, 1.165) is 31.8 Å². The Morgan fingerprint density at radius 2 is 2.15 bits per heavy atom. The van der Waals surface area contributed by atoms with E-state index in [0.29, 0.717) is 11.8 Å². The van der Waals surface area contributed by atoms with Gasteiger partial charge in [0.2, 0.25) is 5.91 Å². The molecule has 0 bridgehead atoms. The van der Waals surface area contributed by atoms with Gasteiger partial charge >= 0.3 is 0 Å². The molecule has 0 spiro atoms.